The van der Waals surface area contributed by atoms with E-state index in [1.165, 1.54) is 25.0 Å². The molecule has 0 saturated carbocycles. The molecule has 0 aliphatic rings. The highest BCUT2D eigenvalue weighted by molar-refractivity contribution is 7.98. The first-order chi connectivity index (χ1) is 8.24. The minimum atomic E-state index is 0.502. The summed E-state index contributed by atoms with van der Waals surface area (Å²) in [6, 6.07) is 1.14. The summed E-state index contributed by atoms with van der Waals surface area (Å²) in [6.07, 6.45) is 5.72. The average molecular weight is 262 g/mol. The van der Waals surface area contributed by atoms with Gasteiger partial charge in [-0.15, -0.1) is 0 Å². The lowest BCUT2D eigenvalue weighted by atomic mass is 10.1. The normalized spacial score (nSPS) is 13.6. The lowest BCUT2D eigenvalue weighted by molar-refractivity contribution is 0.0808. The Morgan fingerprint density at radius 2 is 1.88 bits per heavy atom. The van der Waals surface area contributed by atoms with Gasteiger partial charge in [-0.05, 0) is 31.3 Å². The molecular formula is C13H30N2OS. The van der Waals surface area contributed by atoms with Crippen molar-refractivity contribution < 1.29 is 4.74 Å². The topological polar surface area (TPSA) is 38.5 Å². The fraction of sp³-hybridized carbons (Fsp3) is 1.00. The summed E-state index contributed by atoms with van der Waals surface area (Å²) in [7, 11) is 1.77. The number of thioether (sulfide) groups is 1. The van der Waals surface area contributed by atoms with Crippen molar-refractivity contribution in [2.45, 2.75) is 45.2 Å². The number of rotatable bonds is 11. The maximum absolute atomic E-state index is 5.94. The Bertz CT molecular complexity index is 165. The quantitative estimate of drug-likeness (QED) is 0.619. The maximum Gasteiger partial charge on any atom is 0.0589 e. The van der Waals surface area contributed by atoms with Gasteiger partial charge in [0.05, 0.1) is 6.61 Å². The molecular weight excluding hydrogens is 232 g/mol. The third-order valence-corrected chi connectivity index (χ3v) is 4.01. The zero-order chi connectivity index (χ0) is 13.1. The van der Waals surface area contributed by atoms with E-state index in [1.807, 2.05) is 11.8 Å². The Morgan fingerprint density at radius 3 is 2.29 bits per heavy atom. The molecule has 0 aromatic carbocycles. The van der Waals surface area contributed by atoms with Crippen LogP contribution in [0.2, 0.25) is 0 Å². The van der Waals surface area contributed by atoms with Crippen molar-refractivity contribution >= 4 is 11.8 Å². The van der Waals surface area contributed by atoms with Crippen molar-refractivity contribution in [1.82, 2.24) is 4.90 Å². The summed E-state index contributed by atoms with van der Waals surface area (Å²) < 4.78 is 5.22. The zero-order valence-electron chi connectivity index (χ0n) is 11.9. The first kappa shape index (κ1) is 17.2. The van der Waals surface area contributed by atoms with Crippen molar-refractivity contribution in [3.8, 4) is 0 Å². The van der Waals surface area contributed by atoms with E-state index in [1.54, 1.807) is 7.11 Å². The molecule has 0 saturated heterocycles. The molecule has 0 heterocycles. The van der Waals surface area contributed by atoms with Crippen LogP contribution in [0.3, 0.4) is 0 Å². The molecule has 2 N–H and O–H groups in total. The summed E-state index contributed by atoms with van der Waals surface area (Å²) in [5.74, 6) is 1.19. The van der Waals surface area contributed by atoms with Crippen LogP contribution in [0, 0.1) is 0 Å². The Morgan fingerprint density at radius 1 is 1.24 bits per heavy atom. The van der Waals surface area contributed by atoms with Crippen LogP contribution >= 0.6 is 11.8 Å². The minimum Gasteiger partial charge on any atom is -0.383 e. The first-order valence-corrected chi connectivity index (χ1v) is 8.08. The Hall–Kier alpha value is 0.230. The van der Waals surface area contributed by atoms with Gasteiger partial charge >= 0.3 is 0 Å². The molecule has 0 aliphatic heterocycles. The fourth-order valence-corrected chi connectivity index (χ4v) is 2.80. The van der Waals surface area contributed by atoms with E-state index in [0.29, 0.717) is 12.1 Å². The SMILES string of the molecule is CCC(CC)N(CCOC)C(CN)CCSC. The van der Waals surface area contributed by atoms with Crippen LogP contribution in [-0.2, 0) is 4.74 Å². The van der Waals surface area contributed by atoms with Crippen LogP contribution in [0.4, 0.5) is 0 Å². The van der Waals surface area contributed by atoms with Crippen molar-refractivity contribution in [3.05, 3.63) is 0 Å². The molecule has 0 fully saturated rings. The highest BCUT2D eigenvalue weighted by Crippen LogP contribution is 2.15. The van der Waals surface area contributed by atoms with Crippen LogP contribution in [0.1, 0.15) is 33.1 Å². The van der Waals surface area contributed by atoms with Crippen molar-refractivity contribution in [3.63, 3.8) is 0 Å². The van der Waals surface area contributed by atoms with Crippen LogP contribution in [-0.4, -0.2) is 55.8 Å². The average Bonchev–Trinajstić information content (AvgIpc) is 2.36. The van der Waals surface area contributed by atoms with E-state index < -0.39 is 0 Å². The Labute approximate surface area is 111 Å². The van der Waals surface area contributed by atoms with Gasteiger partial charge < -0.3 is 10.5 Å². The maximum atomic E-state index is 5.94. The number of nitrogens with zero attached hydrogens (tertiary/aromatic N) is 1. The predicted octanol–water partition coefficient (Wildman–Crippen LogP) is 2.20. The van der Waals surface area contributed by atoms with Crippen molar-refractivity contribution in [1.29, 1.82) is 0 Å². The van der Waals surface area contributed by atoms with E-state index in [9.17, 15) is 0 Å². The summed E-state index contributed by atoms with van der Waals surface area (Å²) in [5.41, 5.74) is 5.94. The Balaban J connectivity index is 4.47. The number of ether oxygens (including phenoxy) is 1. The number of hydrogen-bond acceptors (Lipinski definition) is 4. The summed E-state index contributed by atoms with van der Waals surface area (Å²) in [4.78, 5) is 2.56. The zero-order valence-corrected chi connectivity index (χ0v) is 12.8. The number of nitrogens with two attached hydrogens (primary N) is 1. The second-order valence-corrected chi connectivity index (χ2v) is 5.36. The highest BCUT2D eigenvalue weighted by atomic mass is 32.2. The molecule has 0 bridgehead atoms. The Kier molecular flexibility index (Phi) is 11.5. The van der Waals surface area contributed by atoms with Gasteiger partial charge in [0.2, 0.25) is 0 Å². The fourth-order valence-electron chi connectivity index (χ4n) is 2.29. The molecule has 0 aromatic heterocycles. The summed E-state index contributed by atoms with van der Waals surface area (Å²) in [5, 5.41) is 0. The lowest BCUT2D eigenvalue weighted by Gasteiger charge is -2.37. The molecule has 104 valence electrons. The molecule has 0 radical (unpaired) electrons. The molecule has 0 amide bonds. The molecule has 4 heteroatoms. The van der Waals surface area contributed by atoms with E-state index in [0.717, 1.165) is 19.7 Å². The lowest BCUT2D eigenvalue weighted by Crippen LogP contribution is -2.48. The van der Waals surface area contributed by atoms with Crippen LogP contribution < -0.4 is 5.73 Å². The van der Waals surface area contributed by atoms with E-state index in [2.05, 4.69) is 25.0 Å². The van der Waals surface area contributed by atoms with Gasteiger partial charge in [0.1, 0.15) is 0 Å². The smallest absolute Gasteiger partial charge is 0.0589 e. The van der Waals surface area contributed by atoms with Gasteiger partial charge in [0.25, 0.3) is 0 Å². The molecule has 0 spiro atoms. The summed E-state index contributed by atoms with van der Waals surface area (Å²) >= 11 is 1.90. The molecule has 1 atom stereocenters. The molecule has 1 unspecified atom stereocenters. The largest absolute Gasteiger partial charge is 0.383 e. The molecule has 0 aromatic rings. The third-order valence-electron chi connectivity index (χ3n) is 3.36. The third kappa shape index (κ3) is 6.65. The highest BCUT2D eigenvalue weighted by Gasteiger charge is 2.22. The molecule has 0 rings (SSSR count). The number of methoxy groups -OCH3 is 1. The minimum absolute atomic E-state index is 0.502. The van der Waals surface area contributed by atoms with Crippen LogP contribution in [0.25, 0.3) is 0 Å². The van der Waals surface area contributed by atoms with Crippen LogP contribution in [0.5, 0.6) is 0 Å². The van der Waals surface area contributed by atoms with E-state index in [-0.39, 0.29) is 0 Å². The number of hydrogen-bond donors (Lipinski definition) is 1. The van der Waals surface area contributed by atoms with Gasteiger partial charge in [0.15, 0.2) is 0 Å². The van der Waals surface area contributed by atoms with Gasteiger partial charge in [-0.1, -0.05) is 13.8 Å². The second kappa shape index (κ2) is 11.3. The van der Waals surface area contributed by atoms with Gasteiger partial charge in [0, 0.05) is 32.3 Å². The molecule has 3 nitrogen and oxygen atoms in total. The standard InChI is InChI=1S/C13H30N2OS/c1-5-12(6-2)15(8-9-16-3)13(11-14)7-10-17-4/h12-13H,5-11,14H2,1-4H3. The first-order valence-electron chi connectivity index (χ1n) is 6.68. The van der Waals surface area contributed by atoms with Gasteiger partial charge in [-0.2, -0.15) is 11.8 Å². The molecule has 0 aliphatic carbocycles. The predicted molar refractivity (Wildman–Crippen MR) is 78.8 cm³/mol. The molecule has 17 heavy (non-hydrogen) atoms. The second-order valence-electron chi connectivity index (χ2n) is 4.37. The van der Waals surface area contributed by atoms with Crippen LogP contribution in [0.15, 0.2) is 0 Å². The summed E-state index contributed by atoms with van der Waals surface area (Å²) in [6.45, 7) is 7.07. The van der Waals surface area contributed by atoms with Gasteiger partial charge in [-0.3, -0.25) is 4.90 Å². The van der Waals surface area contributed by atoms with Gasteiger partial charge in [-0.25, -0.2) is 0 Å². The van der Waals surface area contributed by atoms with Crippen molar-refractivity contribution in [2.24, 2.45) is 5.73 Å². The van der Waals surface area contributed by atoms with Crippen molar-refractivity contribution in [2.75, 3.05) is 38.8 Å². The monoisotopic (exact) mass is 262 g/mol. The van der Waals surface area contributed by atoms with E-state index in [4.69, 9.17) is 10.5 Å². The van der Waals surface area contributed by atoms with E-state index >= 15 is 0 Å².